The van der Waals surface area contributed by atoms with E-state index in [1.807, 2.05) is 19.4 Å². The van der Waals surface area contributed by atoms with Crippen LogP contribution in [0.15, 0.2) is 12.4 Å². The summed E-state index contributed by atoms with van der Waals surface area (Å²) in [4.78, 5) is 4.35. The average molecular weight is 266 g/mol. The van der Waals surface area contributed by atoms with Gasteiger partial charge in [0, 0.05) is 31.9 Å². The van der Waals surface area contributed by atoms with Crippen molar-refractivity contribution < 1.29 is 0 Å². The van der Waals surface area contributed by atoms with Crippen LogP contribution in [0.25, 0.3) is 0 Å². The molecule has 1 aromatic rings. The third-order valence-corrected chi connectivity index (χ3v) is 3.74. The number of hydrogen-bond donors (Lipinski definition) is 2. The molecule has 1 heterocycles. The second-order valence-corrected chi connectivity index (χ2v) is 5.43. The second kappa shape index (κ2) is 9.98. The van der Waals surface area contributed by atoms with E-state index < -0.39 is 0 Å². The van der Waals surface area contributed by atoms with Gasteiger partial charge in [-0.25, -0.2) is 4.98 Å². The summed E-state index contributed by atoms with van der Waals surface area (Å²) in [6.07, 6.45) is 15.3. The van der Waals surface area contributed by atoms with Gasteiger partial charge in [-0.2, -0.15) is 0 Å². The molecule has 19 heavy (non-hydrogen) atoms. The highest BCUT2D eigenvalue weighted by molar-refractivity contribution is 4.94. The van der Waals surface area contributed by atoms with Gasteiger partial charge in [-0.05, 0) is 6.42 Å². The average Bonchev–Trinajstić information content (AvgIpc) is 2.81. The number of unbranched alkanes of at least 4 members (excludes halogenated alkanes) is 6. The van der Waals surface area contributed by atoms with Crippen LogP contribution in [0.3, 0.4) is 0 Å². The first-order valence-corrected chi connectivity index (χ1v) is 7.70. The number of aryl methyl sites for hydroxylation is 1. The molecule has 4 nitrogen and oxygen atoms in total. The van der Waals surface area contributed by atoms with Crippen molar-refractivity contribution in [2.45, 2.75) is 70.8 Å². The molecule has 0 aliphatic heterocycles. The quantitative estimate of drug-likeness (QED) is 0.368. The van der Waals surface area contributed by atoms with Gasteiger partial charge in [-0.3, -0.25) is 11.3 Å². The molecule has 110 valence electrons. The van der Waals surface area contributed by atoms with E-state index in [-0.39, 0.29) is 0 Å². The summed E-state index contributed by atoms with van der Waals surface area (Å²) in [5.74, 6) is 6.74. The number of hydrazine groups is 1. The minimum atomic E-state index is 0.344. The van der Waals surface area contributed by atoms with Crippen LogP contribution in [-0.2, 0) is 13.5 Å². The molecule has 0 radical (unpaired) electrons. The molecule has 1 unspecified atom stereocenters. The van der Waals surface area contributed by atoms with Crippen LogP contribution in [0, 0.1) is 0 Å². The Morgan fingerprint density at radius 3 is 2.47 bits per heavy atom. The van der Waals surface area contributed by atoms with E-state index in [0.717, 1.165) is 18.7 Å². The number of rotatable bonds is 11. The fourth-order valence-electron chi connectivity index (χ4n) is 2.41. The fourth-order valence-corrected chi connectivity index (χ4v) is 2.41. The lowest BCUT2D eigenvalue weighted by atomic mass is 10.0. The van der Waals surface area contributed by atoms with Crippen molar-refractivity contribution in [1.82, 2.24) is 15.0 Å². The van der Waals surface area contributed by atoms with Crippen molar-refractivity contribution in [3.05, 3.63) is 18.2 Å². The summed E-state index contributed by atoms with van der Waals surface area (Å²) in [5.41, 5.74) is 2.93. The standard InChI is InChI=1S/C15H30N4/c1-3-4-5-6-7-8-9-10-14(18-16)13-15-17-11-12-19(15)2/h11-12,14,18H,3-10,13,16H2,1-2H3. The van der Waals surface area contributed by atoms with E-state index >= 15 is 0 Å². The number of hydrogen-bond acceptors (Lipinski definition) is 3. The van der Waals surface area contributed by atoms with Gasteiger partial charge in [-0.15, -0.1) is 0 Å². The van der Waals surface area contributed by atoms with Gasteiger partial charge in [0.25, 0.3) is 0 Å². The molecular weight excluding hydrogens is 236 g/mol. The van der Waals surface area contributed by atoms with E-state index in [2.05, 4.69) is 21.9 Å². The van der Waals surface area contributed by atoms with Gasteiger partial charge in [0.2, 0.25) is 0 Å². The van der Waals surface area contributed by atoms with E-state index in [0.29, 0.717) is 6.04 Å². The zero-order chi connectivity index (χ0) is 13.9. The number of nitrogens with zero attached hydrogens (tertiary/aromatic N) is 2. The van der Waals surface area contributed by atoms with E-state index in [1.165, 1.54) is 44.9 Å². The Balaban J connectivity index is 2.10. The topological polar surface area (TPSA) is 55.9 Å². The van der Waals surface area contributed by atoms with Crippen LogP contribution in [0.5, 0.6) is 0 Å². The van der Waals surface area contributed by atoms with Gasteiger partial charge in [0.1, 0.15) is 5.82 Å². The van der Waals surface area contributed by atoms with Crippen molar-refractivity contribution in [2.24, 2.45) is 12.9 Å². The number of aromatic nitrogens is 2. The van der Waals surface area contributed by atoms with Crippen molar-refractivity contribution in [2.75, 3.05) is 0 Å². The van der Waals surface area contributed by atoms with Gasteiger partial charge < -0.3 is 4.57 Å². The van der Waals surface area contributed by atoms with Crippen LogP contribution >= 0.6 is 0 Å². The molecule has 1 aromatic heterocycles. The van der Waals surface area contributed by atoms with Gasteiger partial charge >= 0.3 is 0 Å². The molecule has 0 aliphatic carbocycles. The van der Waals surface area contributed by atoms with Gasteiger partial charge in [0.15, 0.2) is 0 Å². The molecule has 0 amide bonds. The summed E-state index contributed by atoms with van der Waals surface area (Å²) in [6, 6.07) is 0.344. The molecule has 0 saturated heterocycles. The van der Waals surface area contributed by atoms with Crippen LogP contribution < -0.4 is 11.3 Å². The number of nitrogens with one attached hydrogen (secondary N) is 1. The Hall–Kier alpha value is -0.870. The van der Waals surface area contributed by atoms with Crippen LogP contribution in [-0.4, -0.2) is 15.6 Å². The molecule has 4 heteroatoms. The lowest BCUT2D eigenvalue weighted by Gasteiger charge is -2.15. The Kier molecular flexibility index (Phi) is 8.50. The van der Waals surface area contributed by atoms with Crippen molar-refractivity contribution in [1.29, 1.82) is 0 Å². The Morgan fingerprint density at radius 1 is 1.21 bits per heavy atom. The predicted molar refractivity (Wildman–Crippen MR) is 80.6 cm³/mol. The second-order valence-electron chi connectivity index (χ2n) is 5.43. The summed E-state index contributed by atoms with van der Waals surface area (Å²) >= 11 is 0. The first kappa shape index (κ1) is 16.2. The zero-order valence-electron chi connectivity index (χ0n) is 12.6. The summed E-state index contributed by atoms with van der Waals surface area (Å²) in [6.45, 7) is 2.26. The number of imidazole rings is 1. The van der Waals surface area contributed by atoms with Gasteiger partial charge in [-0.1, -0.05) is 51.9 Å². The van der Waals surface area contributed by atoms with Crippen molar-refractivity contribution >= 4 is 0 Å². The lowest BCUT2D eigenvalue weighted by molar-refractivity contribution is 0.448. The first-order chi connectivity index (χ1) is 9.27. The molecular formula is C15H30N4. The van der Waals surface area contributed by atoms with E-state index in [9.17, 15) is 0 Å². The number of nitrogens with two attached hydrogens (primary N) is 1. The summed E-state index contributed by atoms with van der Waals surface area (Å²) in [5, 5.41) is 0. The van der Waals surface area contributed by atoms with Crippen molar-refractivity contribution in [3.8, 4) is 0 Å². The maximum atomic E-state index is 5.63. The highest BCUT2D eigenvalue weighted by atomic mass is 15.2. The van der Waals surface area contributed by atoms with Gasteiger partial charge in [0.05, 0.1) is 0 Å². The Morgan fingerprint density at radius 2 is 1.89 bits per heavy atom. The Bertz CT molecular complexity index is 322. The Labute approximate surface area is 117 Å². The fraction of sp³-hybridized carbons (Fsp3) is 0.800. The largest absolute Gasteiger partial charge is 0.338 e. The molecule has 0 aromatic carbocycles. The molecule has 0 aliphatic rings. The third-order valence-electron chi connectivity index (χ3n) is 3.74. The summed E-state index contributed by atoms with van der Waals surface area (Å²) in [7, 11) is 2.03. The highest BCUT2D eigenvalue weighted by Crippen LogP contribution is 2.11. The lowest BCUT2D eigenvalue weighted by Crippen LogP contribution is -2.37. The van der Waals surface area contributed by atoms with E-state index in [4.69, 9.17) is 5.84 Å². The smallest absolute Gasteiger partial charge is 0.109 e. The SMILES string of the molecule is CCCCCCCCCC(Cc1nccn1C)NN. The highest BCUT2D eigenvalue weighted by Gasteiger charge is 2.10. The molecule has 1 rings (SSSR count). The molecule has 1 atom stereocenters. The van der Waals surface area contributed by atoms with E-state index in [1.54, 1.807) is 0 Å². The predicted octanol–water partition coefficient (Wildman–Crippen LogP) is 2.94. The normalized spacial score (nSPS) is 12.8. The van der Waals surface area contributed by atoms with Crippen molar-refractivity contribution in [3.63, 3.8) is 0 Å². The minimum absolute atomic E-state index is 0.344. The molecule has 0 spiro atoms. The first-order valence-electron chi connectivity index (χ1n) is 7.70. The molecule has 0 bridgehead atoms. The molecule has 3 N–H and O–H groups in total. The molecule has 0 saturated carbocycles. The third kappa shape index (κ3) is 6.73. The zero-order valence-corrected chi connectivity index (χ0v) is 12.6. The maximum Gasteiger partial charge on any atom is 0.109 e. The summed E-state index contributed by atoms with van der Waals surface area (Å²) < 4.78 is 2.06. The van der Waals surface area contributed by atoms with Crippen LogP contribution in [0.4, 0.5) is 0 Å². The molecule has 0 fully saturated rings. The maximum absolute atomic E-state index is 5.63. The monoisotopic (exact) mass is 266 g/mol. The van der Waals surface area contributed by atoms with Crippen LogP contribution in [0.2, 0.25) is 0 Å². The minimum Gasteiger partial charge on any atom is -0.338 e. The van der Waals surface area contributed by atoms with Crippen LogP contribution in [0.1, 0.15) is 64.1 Å².